The van der Waals surface area contributed by atoms with Gasteiger partial charge >= 0.3 is 0 Å². The number of ether oxygens (including phenoxy) is 1. The van der Waals surface area contributed by atoms with Gasteiger partial charge in [-0.15, -0.1) is 0 Å². The maximum absolute atomic E-state index is 13.5. The van der Waals surface area contributed by atoms with Crippen LogP contribution in [-0.4, -0.2) is 53.1 Å². The Morgan fingerprint density at radius 1 is 1.07 bits per heavy atom. The third kappa shape index (κ3) is 4.39. The lowest BCUT2D eigenvalue weighted by Gasteiger charge is -2.26. The largest absolute Gasteiger partial charge is 0.379 e. The predicted molar refractivity (Wildman–Crippen MR) is 119 cm³/mol. The van der Waals surface area contributed by atoms with Gasteiger partial charge in [-0.1, -0.05) is 55.9 Å². The summed E-state index contributed by atoms with van der Waals surface area (Å²) in [6, 6.07) is 15.8. The molecule has 0 radical (unpaired) electrons. The average molecular weight is 410 g/mol. The molecular weight excluding hydrogens is 382 g/mol. The summed E-state index contributed by atoms with van der Waals surface area (Å²) in [4.78, 5) is 20.8. The molecule has 0 atom stereocenters. The normalized spacial score (nSPS) is 15.3. The molecule has 152 valence electrons. The SMILES string of the molecule is CC(C)c1ccccc1-n1c(SCCN2CCOCC2)nc2ccccc2c1=O. The molecule has 2 heterocycles. The Labute approximate surface area is 175 Å². The van der Waals surface area contributed by atoms with E-state index in [1.165, 1.54) is 0 Å². The summed E-state index contributed by atoms with van der Waals surface area (Å²) in [5.41, 5.74) is 2.84. The minimum Gasteiger partial charge on any atom is -0.379 e. The second-order valence-corrected chi connectivity index (χ2v) is 8.63. The quantitative estimate of drug-likeness (QED) is 0.456. The molecule has 2 aromatic carbocycles. The van der Waals surface area contributed by atoms with Crippen LogP contribution >= 0.6 is 11.8 Å². The molecule has 0 N–H and O–H groups in total. The van der Waals surface area contributed by atoms with E-state index in [2.05, 4.69) is 24.8 Å². The monoisotopic (exact) mass is 409 g/mol. The molecule has 29 heavy (non-hydrogen) atoms. The predicted octanol–water partition coefficient (Wildman–Crippen LogP) is 3.93. The molecule has 1 aliphatic heterocycles. The van der Waals surface area contributed by atoms with Crippen LogP contribution in [0.5, 0.6) is 0 Å². The highest BCUT2D eigenvalue weighted by Gasteiger charge is 2.17. The van der Waals surface area contributed by atoms with Crippen LogP contribution in [-0.2, 0) is 4.74 Å². The molecule has 0 aliphatic carbocycles. The lowest BCUT2D eigenvalue weighted by Crippen LogP contribution is -2.37. The Balaban J connectivity index is 1.74. The summed E-state index contributed by atoms with van der Waals surface area (Å²) in [6.07, 6.45) is 0. The van der Waals surface area contributed by atoms with E-state index in [1.807, 2.05) is 47.0 Å². The molecule has 5 nitrogen and oxygen atoms in total. The summed E-state index contributed by atoms with van der Waals surface area (Å²) in [5.74, 6) is 1.20. The van der Waals surface area contributed by atoms with Crippen molar-refractivity contribution < 1.29 is 4.74 Å². The number of hydrogen-bond donors (Lipinski definition) is 0. The molecule has 0 unspecified atom stereocenters. The molecule has 6 heteroatoms. The van der Waals surface area contributed by atoms with Gasteiger partial charge in [-0.05, 0) is 29.7 Å². The van der Waals surface area contributed by atoms with Gasteiger partial charge in [-0.2, -0.15) is 0 Å². The third-order valence-corrected chi connectivity index (χ3v) is 6.21. The molecule has 1 aromatic heterocycles. The number of aromatic nitrogens is 2. The molecule has 1 aliphatic rings. The first-order valence-electron chi connectivity index (χ1n) is 10.2. The van der Waals surface area contributed by atoms with E-state index in [1.54, 1.807) is 11.8 Å². The van der Waals surface area contributed by atoms with Gasteiger partial charge in [0.1, 0.15) is 0 Å². The van der Waals surface area contributed by atoms with Crippen molar-refractivity contribution in [2.75, 3.05) is 38.6 Å². The summed E-state index contributed by atoms with van der Waals surface area (Å²) in [5, 5.41) is 1.42. The van der Waals surface area contributed by atoms with Crippen molar-refractivity contribution in [1.82, 2.24) is 14.5 Å². The van der Waals surface area contributed by atoms with Crippen LogP contribution in [0.25, 0.3) is 16.6 Å². The Morgan fingerprint density at radius 3 is 2.59 bits per heavy atom. The molecule has 0 amide bonds. The summed E-state index contributed by atoms with van der Waals surface area (Å²) in [7, 11) is 0. The van der Waals surface area contributed by atoms with E-state index >= 15 is 0 Å². The third-order valence-electron chi connectivity index (χ3n) is 5.29. The minimum absolute atomic E-state index is 0.00225. The molecular formula is C23H27N3O2S. The van der Waals surface area contributed by atoms with Crippen molar-refractivity contribution in [2.24, 2.45) is 0 Å². The van der Waals surface area contributed by atoms with Gasteiger partial charge in [0.25, 0.3) is 5.56 Å². The molecule has 0 spiro atoms. The molecule has 0 bridgehead atoms. The molecule has 0 saturated carbocycles. The Hall–Kier alpha value is -2.15. The van der Waals surface area contributed by atoms with Crippen molar-refractivity contribution in [3.05, 3.63) is 64.4 Å². The van der Waals surface area contributed by atoms with Crippen molar-refractivity contribution in [3.63, 3.8) is 0 Å². The molecule has 1 saturated heterocycles. The van der Waals surface area contributed by atoms with Gasteiger partial charge in [0.05, 0.1) is 29.8 Å². The number of nitrogens with zero attached hydrogens (tertiary/aromatic N) is 3. The fourth-order valence-corrected chi connectivity index (χ4v) is 4.70. The topological polar surface area (TPSA) is 47.4 Å². The van der Waals surface area contributed by atoms with Crippen LogP contribution in [0.4, 0.5) is 0 Å². The zero-order valence-corrected chi connectivity index (χ0v) is 17.8. The van der Waals surface area contributed by atoms with Crippen LogP contribution in [0.3, 0.4) is 0 Å². The smallest absolute Gasteiger partial charge is 0.266 e. The number of morpholine rings is 1. The number of hydrogen-bond acceptors (Lipinski definition) is 5. The van der Waals surface area contributed by atoms with Crippen molar-refractivity contribution in [2.45, 2.75) is 24.9 Å². The van der Waals surface area contributed by atoms with Crippen molar-refractivity contribution in [3.8, 4) is 5.69 Å². The van der Waals surface area contributed by atoms with Gasteiger partial charge in [0.2, 0.25) is 0 Å². The number of benzene rings is 2. The molecule has 1 fully saturated rings. The van der Waals surface area contributed by atoms with E-state index in [4.69, 9.17) is 9.72 Å². The highest BCUT2D eigenvalue weighted by molar-refractivity contribution is 7.99. The Morgan fingerprint density at radius 2 is 1.79 bits per heavy atom. The van der Waals surface area contributed by atoms with E-state index < -0.39 is 0 Å². The second kappa shape index (κ2) is 9.11. The van der Waals surface area contributed by atoms with Gasteiger partial charge in [-0.25, -0.2) is 4.98 Å². The highest BCUT2D eigenvalue weighted by atomic mass is 32.2. The van der Waals surface area contributed by atoms with E-state index in [-0.39, 0.29) is 5.56 Å². The van der Waals surface area contributed by atoms with Gasteiger partial charge in [-0.3, -0.25) is 14.3 Å². The first-order chi connectivity index (χ1) is 14.1. The molecule has 4 rings (SSSR count). The summed E-state index contributed by atoms with van der Waals surface area (Å²) in [6.45, 7) is 8.80. The highest BCUT2D eigenvalue weighted by Crippen LogP contribution is 2.27. The van der Waals surface area contributed by atoms with Gasteiger partial charge in [0, 0.05) is 25.4 Å². The Kier molecular flexibility index (Phi) is 6.33. The number of fused-ring (bicyclic) bond motifs is 1. The standard InChI is InChI=1S/C23H27N3O2S/c1-17(2)18-7-4-6-10-21(18)26-22(27)19-8-3-5-9-20(19)24-23(26)29-16-13-25-11-14-28-15-12-25/h3-10,17H,11-16H2,1-2H3. The first-order valence-corrected chi connectivity index (χ1v) is 11.2. The number of para-hydroxylation sites is 2. The van der Waals surface area contributed by atoms with E-state index in [9.17, 15) is 4.79 Å². The van der Waals surface area contributed by atoms with Crippen LogP contribution in [0, 0.1) is 0 Å². The first kappa shape index (κ1) is 20.1. The van der Waals surface area contributed by atoms with Gasteiger partial charge < -0.3 is 4.74 Å². The fraction of sp³-hybridized carbons (Fsp3) is 0.391. The molecule has 3 aromatic rings. The van der Waals surface area contributed by atoms with E-state index in [0.29, 0.717) is 11.3 Å². The zero-order chi connectivity index (χ0) is 20.2. The van der Waals surface area contributed by atoms with Crippen LogP contribution in [0.15, 0.2) is 58.5 Å². The average Bonchev–Trinajstić information content (AvgIpc) is 2.75. The maximum atomic E-state index is 13.5. The Bertz CT molecular complexity index is 1040. The number of thioether (sulfide) groups is 1. The van der Waals surface area contributed by atoms with Crippen LogP contribution in [0.1, 0.15) is 25.3 Å². The van der Waals surface area contributed by atoms with Crippen LogP contribution in [0.2, 0.25) is 0 Å². The van der Waals surface area contributed by atoms with Crippen molar-refractivity contribution >= 4 is 22.7 Å². The van der Waals surface area contributed by atoms with Crippen molar-refractivity contribution in [1.29, 1.82) is 0 Å². The lowest BCUT2D eigenvalue weighted by molar-refractivity contribution is 0.0410. The maximum Gasteiger partial charge on any atom is 0.266 e. The summed E-state index contributed by atoms with van der Waals surface area (Å²) < 4.78 is 7.24. The summed E-state index contributed by atoms with van der Waals surface area (Å²) >= 11 is 1.65. The second-order valence-electron chi connectivity index (χ2n) is 7.57. The lowest BCUT2D eigenvalue weighted by atomic mass is 10.0. The zero-order valence-electron chi connectivity index (χ0n) is 17.0. The van der Waals surface area contributed by atoms with E-state index in [0.717, 1.165) is 60.5 Å². The fourth-order valence-electron chi connectivity index (χ4n) is 3.69. The van der Waals surface area contributed by atoms with Gasteiger partial charge in [0.15, 0.2) is 5.16 Å². The minimum atomic E-state index is -0.00225. The number of rotatable bonds is 6. The van der Waals surface area contributed by atoms with Crippen LogP contribution < -0.4 is 5.56 Å².